The molecule has 0 amide bonds. The normalized spacial score (nSPS) is 9.10. The molecule has 0 unspecified atom stereocenters. The highest BCUT2D eigenvalue weighted by molar-refractivity contribution is 5.68. The quantitative estimate of drug-likeness (QED) is 0.334. The van der Waals surface area contributed by atoms with Crippen LogP contribution in [0.25, 0.3) is 0 Å². The van der Waals surface area contributed by atoms with Crippen LogP contribution in [0.1, 0.15) is 77.6 Å². The Labute approximate surface area is 124 Å². The summed E-state index contributed by atoms with van der Waals surface area (Å²) >= 11 is 0. The molecule has 20 heavy (non-hydrogen) atoms. The lowest BCUT2D eigenvalue weighted by atomic mass is 10.1. The fraction of sp³-hybridized carbons (Fsp3) is 0.722. The molecule has 0 aromatic rings. The molecule has 0 aliphatic carbocycles. The van der Waals surface area contributed by atoms with Gasteiger partial charge in [-0.05, 0) is 31.1 Å². The summed E-state index contributed by atoms with van der Waals surface area (Å²) < 4.78 is 4.57. The summed E-state index contributed by atoms with van der Waals surface area (Å²) in [6.07, 6.45) is 11.9. The van der Waals surface area contributed by atoms with Crippen molar-refractivity contribution in [2.24, 2.45) is 0 Å². The number of hydrogen-bond donors (Lipinski definition) is 0. The maximum Gasteiger partial charge on any atom is 0.305 e. The van der Waals surface area contributed by atoms with Crippen LogP contribution in [0.3, 0.4) is 0 Å². The van der Waals surface area contributed by atoms with Crippen LogP contribution in [0, 0.1) is 23.7 Å². The van der Waals surface area contributed by atoms with E-state index in [-0.39, 0.29) is 5.97 Å². The second-order valence-electron chi connectivity index (χ2n) is 4.90. The van der Waals surface area contributed by atoms with Gasteiger partial charge in [0.1, 0.15) is 0 Å². The van der Waals surface area contributed by atoms with Crippen molar-refractivity contribution < 1.29 is 9.53 Å². The Hall–Kier alpha value is -1.41. The molecule has 0 aliphatic rings. The van der Waals surface area contributed by atoms with E-state index in [1.165, 1.54) is 45.6 Å². The second kappa shape index (κ2) is 15.6. The van der Waals surface area contributed by atoms with Gasteiger partial charge >= 0.3 is 5.97 Å². The Kier molecular flexibility index (Phi) is 14.5. The first kappa shape index (κ1) is 18.6. The summed E-state index contributed by atoms with van der Waals surface area (Å²) in [5.74, 6) is 11.7. The van der Waals surface area contributed by atoms with Crippen LogP contribution in [0.2, 0.25) is 0 Å². The number of hydrogen-bond acceptors (Lipinski definition) is 2. The molecule has 0 saturated heterocycles. The molecule has 112 valence electrons. The van der Waals surface area contributed by atoms with Crippen LogP contribution < -0.4 is 0 Å². The maximum absolute atomic E-state index is 10.8. The van der Waals surface area contributed by atoms with Gasteiger partial charge in [0.05, 0.1) is 7.11 Å². The number of esters is 1. The Morgan fingerprint density at radius 3 is 2.00 bits per heavy atom. The highest BCUT2D eigenvalue weighted by atomic mass is 16.5. The molecule has 0 N–H and O–H groups in total. The van der Waals surface area contributed by atoms with E-state index < -0.39 is 0 Å². The van der Waals surface area contributed by atoms with E-state index in [2.05, 4.69) is 35.3 Å². The van der Waals surface area contributed by atoms with Crippen molar-refractivity contribution in [1.82, 2.24) is 0 Å². The minimum Gasteiger partial charge on any atom is -0.469 e. The van der Waals surface area contributed by atoms with Crippen molar-refractivity contribution in [1.29, 1.82) is 0 Å². The first-order chi connectivity index (χ1) is 9.81. The van der Waals surface area contributed by atoms with Gasteiger partial charge in [-0.25, -0.2) is 0 Å². The van der Waals surface area contributed by atoms with Gasteiger partial charge < -0.3 is 4.74 Å². The molecule has 0 radical (unpaired) electrons. The number of methoxy groups -OCH3 is 1. The first-order valence-corrected chi connectivity index (χ1v) is 7.83. The maximum atomic E-state index is 10.8. The molecular formula is C18H28O2. The second-order valence-corrected chi connectivity index (χ2v) is 4.90. The van der Waals surface area contributed by atoms with Crippen molar-refractivity contribution in [3.8, 4) is 23.7 Å². The fourth-order valence-electron chi connectivity index (χ4n) is 1.79. The molecule has 0 fully saturated rings. The summed E-state index contributed by atoms with van der Waals surface area (Å²) in [4.78, 5) is 10.8. The van der Waals surface area contributed by atoms with Crippen molar-refractivity contribution in [3.05, 3.63) is 0 Å². The van der Waals surface area contributed by atoms with Gasteiger partial charge in [-0.3, -0.25) is 4.79 Å². The van der Waals surface area contributed by atoms with Crippen LogP contribution in [0.5, 0.6) is 0 Å². The standard InChI is InChI=1S/C18H28O2/c1-3-4-5-6-7-8-9-10-11-12-13-14-15-16-17-18(19)20-2/h3-9,14-17H2,1-2H3. The van der Waals surface area contributed by atoms with Gasteiger partial charge in [-0.2, -0.15) is 0 Å². The van der Waals surface area contributed by atoms with Gasteiger partial charge in [0.2, 0.25) is 0 Å². The molecule has 0 saturated carbocycles. The van der Waals surface area contributed by atoms with Crippen molar-refractivity contribution >= 4 is 5.97 Å². The third-order valence-electron chi connectivity index (χ3n) is 3.05. The number of rotatable bonds is 10. The van der Waals surface area contributed by atoms with Crippen LogP contribution >= 0.6 is 0 Å². The Bertz CT molecular complexity index is 349. The molecule has 0 bridgehead atoms. The van der Waals surface area contributed by atoms with Gasteiger partial charge in [0.25, 0.3) is 0 Å². The predicted molar refractivity (Wildman–Crippen MR) is 84.0 cm³/mol. The van der Waals surface area contributed by atoms with Gasteiger partial charge in [-0.1, -0.05) is 50.9 Å². The average Bonchev–Trinajstić information content (AvgIpc) is 2.47. The fourth-order valence-corrected chi connectivity index (χ4v) is 1.79. The van der Waals surface area contributed by atoms with E-state index in [4.69, 9.17) is 0 Å². The van der Waals surface area contributed by atoms with Crippen LogP contribution in [0.4, 0.5) is 0 Å². The van der Waals surface area contributed by atoms with E-state index in [1.54, 1.807) is 0 Å². The lowest BCUT2D eigenvalue weighted by Gasteiger charge is -1.96. The van der Waals surface area contributed by atoms with Crippen molar-refractivity contribution in [2.75, 3.05) is 7.11 Å². The molecule has 0 spiro atoms. The highest BCUT2D eigenvalue weighted by Crippen LogP contribution is 2.06. The number of ether oxygens (including phenoxy) is 1. The zero-order valence-electron chi connectivity index (χ0n) is 13.1. The third-order valence-corrected chi connectivity index (χ3v) is 3.05. The molecule has 0 heterocycles. The Balaban J connectivity index is 3.35. The van der Waals surface area contributed by atoms with E-state index in [0.717, 1.165) is 25.7 Å². The van der Waals surface area contributed by atoms with Gasteiger partial charge in [-0.15, -0.1) is 0 Å². The van der Waals surface area contributed by atoms with Crippen LogP contribution in [0.15, 0.2) is 0 Å². The van der Waals surface area contributed by atoms with E-state index in [9.17, 15) is 4.79 Å². The zero-order chi connectivity index (χ0) is 14.9. The molecule has 0 aromatic heterocycles. The average molecular weight is 276 g/mol. The Morgan fingerprint density at radius 2 is 1.40 bits per heavy atom. The zero-order valence-corrected chi connectivity index (χ0v) is 13.1. The predicted octanol–water partition coefficient (Wildman–Crippen LogP) is 4.48. The number of carbonyl (C=O) groups is 1. The van der Waals surface area contributed by atoms with Crippen molar-refractivity contribution in [3.63, 3.8) is 0 Å². The molecule has 2 nitrogen and oxygen atoms in total. The highest BCUT2D eigenvalue weighted by Gasteiger charge is 1.97. The molecule has 0 atom stereocenters. The van der Waals surface area contributed by atoms with E-state index in [1.807, 2.05) is 0 Å². The summed E-state index contributed by atoms with van der Waals surface area (Å²) in [5, 5.41) is 0. The lowest BCUT2D eigenvalue weighted by Crippen LogP contribution is -1.98. The number of unbranched alkanes of at least 4 members (excludes halogenated alkanes) is 8. The largest absolute Gasteiger partial charge is 0.469 e. The van der Waals surface area contributed by atoms with Crippen LogP contribution in [-0.4, -0.2) is 13.1 Å². The molecule has 0 aliphatic heterocycles. The molecule has 0 rings (SSSR count). The van der Waals surface area contributed by atoms with Gasteiger partial charge in [0, 0.05) is 19.3 Å². The monoisotopic (exact) mass is 276 g/mol. The SMILES string of the molecule is CCCCCCCCC#CC#CCCCCC(=O)OC. The Morgan fingerprint density at radius 1 is 0.850 bits per heavy atom. The first-order valence-electron chi connectivity index (χ1n) is 7.83. The van der Waals surface area contributed by atoms with E-state index in [0.29, 0.717) is 6.42 Å². The minimum absolute atomic E-state index is 0.142. The smallest absolute Gasteiger partial charge is 0.305 e. The summed E-state index contributed by atoms with van der Waals surface area (Å²) in [5.41, 5.74) is 0. The third kappa shape index (κ3) is 14.7. The summed E-state index contributed by atoms with van der Waals surface area (Å²) in [6, 6.07) is 0. The molecule has 0 aromatic carbocycles. The minimum atomic E-state index is -0.142. The van der Waals surface area contributed by atoms with E-state index >= 15 is 0 Å². The molecular weight excluding hydrogens is 248 g/mol. The number of carbonyl (C=O) groups excluding carboxylic acids is 1. The molecule has 2 heteroatoms. The lowest BCUT2D eigenvalue weighted by molar-refractivity contribution is -0.140. The van der Waals surface area contributed by atoms with Crippen LogP contribution in [-0.2, 0) is 9.53 Å². The summed E-state index contributed by atoms with van der Waals surface area (Å²) in [6.45, 7) is 2.24. The summed E-state index contributed by atoms with van der Waals surface area (Å²) in [7, 11) is 1.42. The van der Waals surface area contributed by atoms with Crippen molar-refractivity contribution in [2.45, 2.75) is 77.6 Å². The van der Waals surface area contributed by atoms with Gasteiger partial charge in [0.15, 0.2) is 0 Å². The topological polar surface area (TPSA) is 26.3 Å².